The van der Waals surface area contributed by atoms with Crippen molar-refractivity contribution in [2.45, 2.75) is 50.5 Å². The van der Waals surface area contributed by atoms with Crippen LogP contribution in [0.15, 0.2) is 36.4 Å². The minimum absolute atomic E-state index is 0.0125. The van der Waals surface area contributed by atoms with Crippen LogP contribution in [0.2, 0.25) is 0 Å². The first-order valence-corrected chi connectivity index (χ1v) is 9.05. The van der Waals surface area contributed by atoms with Crippen LogP contribution in [0.25, 0.3) is 5.69 Å². The maximum Gasteiger partial charge on any atom is 0.240 e. The van der Waals surface area contributed by atoms with Gasteiger partial charge in [0.2, 0.25) is 5.91 Å². The van der Waals surface area contributed by atoms with E-state index >= 15 is 0 Å². The van der Waals surface area contributed by atoms with Crippen molar-refractivity contribution in [3.8, 4) is 5.69 Å². The van der Waals surface area contributed by atoms with E-state index in [9.17, 15) is 4.79 Å². The molecule has 0 bridgehead atoms. The molecular weight excluding hydrogens is 314 g/mol. The standard InChI is InChI=1S/C19H27N5O/c20-17-14-15(23-24(17)16-9-3-1-4-10-16)8-7-13-22-18(25)19(21)11-5-2-6-12-19/h1,3-4,9-10,14H,2,5-8,11-13,20-21H2,(H,22,25). The highest BCUT2D eigenvalue weighted by atomic mass is 16.2. The molecule has 0 spiro atoms. The quantitative estimate of drug-likeness (QED) is 0.701. The lowest BCUT2D eigenvalue weighted by Crippen LogP contribution is -2.55. The summed E-state index contributed by atoms with van der Waals surface area (Å²) >= 11 is 0. The molecular formula is C19H27N5O. The second kappa shape index (κ2) is 7.70. The molecule has 0 atom stereocenters. The topological polar surface area (TPSA) is 99.0 Å². The molecule has 1 aromatic heterocycles. The first-order valence-electron chi connectivity index (χ1n) is 9.05. The molecule has 1 heterocycles. The molecule has 3 rings (SSSR count). The van der Waals surface area contributed by atoms with Crippen molar-refractivity contribution in [1.82, 2.24) is 15.1 Å². The van der Waals surface area contributed by atoms with Gasteiger partial charge < -0.3 is 16.8 Å². The van der Waals surface area contributed by atoms with E-state index in [4.69, 9.17) is 11.5 Å². The van der Waals surface area contributed by atoms with Crippen molar-refractivity contribution < 1.29 is 4.79 Å². The molecule has 1 aromatic carbocycles. The first-order chi connectivity index (χ1) is 12.1. The predicted molar refractivity (Wildman–Crippen MR) is 99.3 cm³/mol. The summed E-state index contributed by atoms with van der Waals surface area (Å²) in [5, 5.41) is 7.54. The van der Waals surface area contributed by atoms with Gasteiger partial charge in [0.05, 0.1) is 16.9 Å². The van der Waals surface area contributed by atoms with Gasteiger partial charge in [0.1, 0.15) is 5.82 Å². The van der Waals surface area contributed by atoms with E-state index in [1.807, 2.05) is 36.4 Å². The maximum atomic E-state index is 12.3. The summed E-state index contributed by atoms with van der Waals surface area (Å²) in [6, 6.07) is 11.7. The Morgan fingerprint density at radius 1 is 1.20 bits per heavy atom. The van der Waals surface area contributed by atoms with Crippen LogP contribution in [0, 0.1) is 0 Å². The fourth-order valence-corrected chi connectivity index (χ4v) is 3.40. The molecule has 1 fully saturated rings. The first kappa shape index (κ1) is 17.5. The molecule has 1 amide bonds. The third-order valence-electron chi connectivity index (χ3n) is 4.88. The Hall–Kier alpha value is -2.34. The zero-order valence-electron chi connectivity index (χ0n) is 14.6. The monoisotopic (exact) mass is 341 g/mol. The number of rotatable bonds is 6. The Bertz CT molecular complexity index is 704. The van der Waals surface area contributed by atoms with Gasteiger partial charge in [-0.05, 0) is 37.8 Å². The van der Waals surface area contributed by atoms with Gasteiger partial charge in [0.25, 0.3) is 0 Å². The average molecular weight is 341 g/mol. The van der Waals surface area contributed by atoms with Gasteiger partial charge in [-0.1, -0.05) is 37.5 Å². The number of nitrogens with zero attached hydrogens (tertiary/aromatic N) is 2. The van der Waals surface area contributed by atoms with E-state index in [0.717, 1.165) is 49.9 Å². The number of aromatic nitrogens is 2. The van der Waals surface area contributed by atoms with Crippen LogP contribution in [-0.2, 0) is 11.2 Å². The lowest BCUT2D eigenvalue weighted by Gasteiger charge is -2.31. The van der Waals surface area contributed by atoms with Gasteiger partial charge in [-0.25, -0.2) is 4.68 Å². The molecule has 0 unspecified atom stereocenters. The number of carbonyl (C=O) groups is 1. The SMILES string of the molecule is Nc1cc(CCCNC(=O)C2(N)CCCCC2)nn1-c1ccccc1. The van der Waals surface area contributed by atoms with Crippen molar-refractivity contribution in [3.63, 3.8) is 0 Å². The smallest absolute Gasteiger partial charge is 0.240 e. The molecule has 134 valence electrons. The largest absolute Gasteiger partial charge is 0.384 e. The Kier molecular flexibility index (Phi) is 5.38. The van der Waals surface area contributed by atoms with Crippen LogP contribution < -0.4 is 16.8 Å². The summed E-state index contributed by atoms with van der Waals surface area (Å²) in [4.78, 5) is 12.3. The highest BCUT2D eigenvalue weighted by molar-refractivity contribution is 5.86. The Balaban J connectivity index is 1.49. The van der Waals surface area contributed by atoms with Crippen LogP contribution in [0.5, 0.6) is 0 Å². The Morgan fingerprint density at radius 3 is 2.64 bits per heavy atom. The van der Waals surface area contributed by atoms with Crippen molar-refractivity contribution in [1.29, 1.82) is 0 Å². The van der Waals surface area contributed by atoms with Gasteiger partial charge in [-0.2, -0.15) is 5.10 Å². The molecule has 25 heavy (non-hydrogen) atoms. The van der Waals surface area contributed by atoms with Gasteiger partial charge in [0.15, 0.2) is 0 Å². The summed E-state index contributed by atoms with van der Waals surface area (Å²) < 4.78 is 1.74. The number of nitrogen functional groups attached to an aromatic ring is 1. The molecule has 5 N–H and O–H groups in total. The van der Waals surface area contributed by atoms with Gasteiger partial charge in [0, 0.05) is 12.6 Å². The van der Waals surface area contributed by atoms with E-state index < -0.39 is 5.54 Å². The van der Waals surface area contributed by atoms with Crippen molar-refractivity contribution >= 4 is 11.7 Å². The second-order valence-electron chi connectivity index (χ2n) is 6.88. The van der Waals surface area contributed by atoms with E-state index in [0.29, 0.717) is 12.4 Å². The van der Waals surface area contributed by atoms with Crippen LogP contribution in [0.4, 0.5) is 5.82 Å². The van der Waals surface area contributed by atoms with E-state index in [1.54, 1.807) is 4.68 Å². The number of benzene rings is 1. The summed E-state index contributed by atoms with van der Waals surface area (Å²) in [5.41, 5.74) is 13.5. The van der Waals surface area contributed by atoms with Crippen LogP contribution >= 0.6 is 0 Å². The minimum Gasteiger partial charge on any atom is -0.384 e. The zero-order chi connectivity index (χ0) is 17.7. The van der Waals surface area contributed by atoms with E-state index in [2.05, 4.69) is 10.4 Å². The number of aryl methyl sites for hydroxylation is 1. The van der Waals surface area contributed by atoms with Crippen molar-refractivity contribution in [2.75, 3.05) is 12.3 Å². The van der Waals surface area contributed by atoms with Gasteiger partial charge in [-0.15, -0.1) is 0 Å². The van der Waals surface area contributed by atoms with E-state index in [1.165, 1.54) is 6.42 Å². The molecule has 1 aliphatic rings. The fourth-order valence-electron chi connectivity index (χ4n) is 3.40. The lowest BCUT2D eigenvalue weighted by molar-refractivity contribution is -0.127. The van der Waals surface area contributed by atoms with E-state index in [-0.39, 0.29) is 5.91 Å². The molecule has 0 radical (unpaired) electrons. The number of nitrogens with two attached hydrogens (primary N) is 2. The molecule has 0 aliphatic heterocycles. The second-order valence-corrected chi connectivity index (χ2v) is 6.88. The fraction of sp³-hybridized carbons (Fsp3) is 0.474. The molecule has 2 aromatic rings. The molecule has 6 heteroatoms. The third-order valence-corrected chi connectivity index (χ3v) is 4.88. The van der Waals surface area contributed by atoms with Crippen molar-refractivity contribution in [3.05, 3.63) is 42.1 Å². The predicted octanol–water partition coefficient (Wildman–Crippen LogP) is 2.16. The molecule has 1 aliphatic carbocycles. The average Bonchev–Trinajstić information content (AvgIpc) is 3.00. The normalized spacial score (nSPS) is 16.5. The van der Waals surface area contributed by atoms with Gasteiger partial charge in [-0.3, -0.25) is 4.79 Å². The molecule has 6 nitrogen and oxygen atoms in total. The molecule has 0 saturated heterocycles. The maximum absolute atomic E-state index is 12.3. The number of amides is 1. The zero-order valence-corrected chi connectivity index (χ0v) is 14.6. The summed E-state index contributed by atoms with van der Waals surface area (Å²) in [6.07, 6.45) is 6.42. The highest BCUT2D eigenvalue weighted by Crippen LogP contribution is 2.25. The number of nitrogens with one attached hydrogen (secondary N) is 1. The van der Waals surface area contributed by atoms with Crippen LogP contribution in [0.1, 0.15) is 44.2 Å². The Morgan fingerprint density at radius 2 is 1.92 bits per heavy atom. The summed E-state index contributed by atoms with van der Waals surface area (Å²) in [7, 11) is 0. The third kappa shape index (κ3) is 4.20. The Labute approximate surface area is 148 Å². The minimum atomic E-state index is -0.669. The van der Waals surface area contributed by atoms with Crippen molar-refractivity contribution in [2.24, 2.45) is 5.73 Å². The number of hydrogen-bond donors (Lipinski definition) is 3. The molecule has 1 saturated carbocycles. The summed E-state index contributed by atoms with van der Waals surface area (Å²) in [5.74, 6) is 0.606. The number of para-hydroxylation sites is 1. The van der Waals surface area contributed by atoms with Crippen LogP contribution in [-0.4, -0.2) is 27.8 Å². The summed E-state index contributed by atoms with van der Waals surface area (Å²) in [6.45, 7) is 0.607. The number of carbonyl (C=O) groups excluding carboxylic acids is 1. The lowest BCUT2D eigenvalue weighted by atomic mass is 9.82. The highest BCUT2D eigenvalue weighted by Gasteiger charge is 2.34. The number of hydrogen-bond acceptors (Lipinski definition) is 4. The number of anilines is 1. The van der Waals surface area contributed by atoms with Gasteiger partial charge >= 0.3 is 0 Å². The van der Waals surface area contributed by atoms with Crippen LogP contribution in [0.3, 0.4) is 0 Å².